The molecule has 0 unspecified atom stereocenters. The lowest BCUT2D eigenvalue weighted by Gasteiger charge is -2.22. The zero-order valence-corrected chi connectivity index (χ0v) is 16.9. The lowest BCUT2D eigenvalue weighted by Crippen LogP contribution is -3.16. The molecule has 0 saturated carbocycles. The Labute approximate surface area is 170 Å². The fourth-order valence-corrected chi connectivity index (χ4v) is 3.57. The highest BCUT2D eigenvalue weighted by molar-refractivity contribution is 6.32. The molecule has 5 nitrogen and oxygen atoms in total. The largest absolute Gasteiger partial charge is 0.493 e. The quantitative estimate of drug-likeness (QED) is 0.607. The van der Waals surface area contributed by atoms with Gasteiger partial charge in [-0.1, -0.05) is 29.8 Å². The van der Waals surface area contributed by atoms with Crippen molar-refractivity contribution in [2.24, 2.45) is 0 Å². The fraction of sp³-hybridized carbons (Fsp3) is 0.429. The van der Waals surface area contributed by atoms with Gasteiger partial charge in [0.1, 0.15) is 45.1 Å². The van der Waals surface area contributed by atoms with E-state index in [1.165, 1.54) is 6.07 Å². The van der Waals surface area contributed by atoms with Crippen LogP contribution in [-0.2, 0) is 17.9 Å². The summed E-state index contributed by atoms with van der Waals surface area (Å²) in [6.07, 6.45) is 0. The molecule has 0 bridgehead atoms. The number of nitrogens with one attached hydrogen (secondary N) is 1. The van der Waals surface area contributed by atoms with Crippen LogP contribution in [0, 0.1) is 5.82 Å². The van der Waals surface area contributed by atoms with Crippen molar-refractivity contribution < 1.29 is 28.8 Å². The van der Waals surface area contributed by atoms with E-state index in [0.29, 0.717) is 22.1 Å². The van der Waals surface area contributed by atoms with Crippen LogP contribution in [0.2, 0.25) is 5.02 Å². The Morgan fingerprint density at radius 2 is 2.00 bits per heavy atom. The molecule has 3 N–H and O–H groups in total. The van der Waals surface area contributed by atoms with Crippen LogP contribution in [0.1, 0.15) is 11.1 Å². The molecule has 0 amide bonds. The zero-order chi connectivity index (χ0) is 19.8. The van der Waals surface area contributed by atoms with E-state index in [-0.39, 0.29) is 12.4 Å². The minimum absolute atomic E-state index is 0.0938. The topological polar surface area (TPSA) is 48.7 Å². The SMILES string of the molecule is COc1cc(C[NH2+]CC[NH+]2CCOCC2)cc(Cl)c1OCc1ccccc1F. The van der Waals surface area contributed by atoms with Crippen LogP contribution in [0.25, 0.3) is 0 Å². The summed E-state index contributed by atoms with van der Waals surface area (Å²) < 4.78 is 30.4. The minimum atomic E-state index is -0.300. The van der Waals surface area contributed by atoms with Gasteiger partial charge < -0.3 is 24.4 Å². The lowest BCUT2D eigenvalue weighted by atomic mass is 10.2. The standard InChI is InChI=1S/C21H26ClFN2O3/c1-26-20-13-16(14-24-6-7-25-8-10-27-11-9-25)12-18(22)21(20)28-15-17-4-2-3-5-19(17)23/h2-5,12-13,24H,6-11,14-15H2,1H3/p+2. The Morgan fingerprint density at radius 1 is 1.21 bits per heavy atom. The van der Waals surface area contributed by atoms with Gasteiger partial charge in [0.05, 0.1) is 25.3 Å². The first-order valence-corrected chi connectivity index (χ1v) is 10.0. The first kappa shape index (κ1) is 20.9. The van der Waals surface area contributed by atoms with Crippen LogP contribution < -0.4 is 19.7 Å². The van der Waals surface area contributed by atoms with Crippen molar-refractivity contribution in [2.45, 2.75) is 13.2 Å². The second kappa shape index (κ2) is 10.6. The van der Waals surface area contributed by atoms with Gasteiger partial charge in [0.2, 0.25) is 0 Å². The molecular weight excluding hydrogens is 383 g/mol. The van der Waals surface area contributed by atoms with Crippen molar-refractivity contribution in [1.82, 2.24) is 0 Å². The summed E-state index contributed by atoms with van der Waals surface area (Å²) >= 11 is 6.42. The van der Waals surface area contributed by atoms with Gasteiger partial charge in [-0.2, -0.15) is 0 Å². The number of ether oxygens (including phenoxy) is 3. The second-order valence-electron chi connectivity index (χ2n) is 6.88. The second-order valence-corrected chi connectivity index (χ2v) is 7.29. The third kappa shape index (κ3) is 5.82. The summed E-state index contributed by atoms with van der Waals surface area (Å²) in [4.78, 5) is 1.59. The molecule has 0 spiro atoms. The van der Waals surface area contributed by atoms with Crippen molar-refractivity contribution in [3.05, 3.63) is 58.4 Å². The molecule has 3 rings (SSSR count). The number of quaternary nitrogens is 2. The van der Waals surface area contributed by atoms with E-state index in [9.17, 15) is 4.39 Å². The highest BCUT2D eigenvalue weighted by Gasteiger charge is 2.16. The van der Waals surface area contributed by atoms with Gasteiger partial charge in [0, 0.05) is 11.1 Å². The summed E-state index contributed by atoms with van der Waals surface area (Å²) in [5, 5.41) is 2.74. The van der Waals surface area contributed by atoms with Crippen LogP contribution >= 0.6 is 11.6 Å². The molecule has 1 saturated heterocycles. The number of halogens is 2. The molecule has 1 aliphatic heterocycles. The number of rotatable bonds is 9. The molecule has 2 aromatic carbocycles. The highest BCUT2D eigenvalue weighted by Crippen LogP contribution is 2.36. The molecule has 1 heterocycles. The summed E-state index contributed by atoms with van der Waals surface area (Å²) in [7, 11) is 1.58. The summed E-state index contributed by atoms with van der Waals surface area (Å²) in [6.45, 7) is 6.96. The molecule has 152 valence electrons. The van der Waals surface area contributed by atoms with Crippen molar-refractivity contribution in [1.29, 1.82) is 0 Å². The van der Waals surface area contributed by atoms with Crippen molar-refractivity contribution in [3.8, 4) is 11.5 Å². The number of hydrogen-bond donors (Lipinski definition) is 2. The molecule has 28 heavy (non-hydrogen) atoms. The molecule has 2 aromatic rings. The average Bonchev–Trinajstić information content (AvgIpc) is 2.72. The van der Waals surface area contributed by atoms with E-state index in [4.69, 9.17) is 25.8 Å². The molecule has 0 atom stereocenters. The van der Waals surface area contributed by atoms with Crippen molar-refractivity contribution >= 4 is 11.6 Å². The smallest absolute Gasteiger partial charge is 0.180 e. The summed E-state index contributed by atoms with van der Waals surface area (Å²) in [5.41, 5.74) is 1.54. The number of hydrogen-bond acceptors (Lipinski definition) is 3. The van der Waals surface area contributed by atoms with Crippen LogP contribution in [0.3, 0.4) is 0 Å². The van der Waals surface area contributed by atoms with Gasteiger partial charge in [0.15, 0.2) is 11.5 Å². The molecule has 0 radical (unpaired) electrons. The Hall–Kier alpha value is -1.86. The van der Waals surface area contributed by atoms with Gasteiger partial charge in [-0.25, -0.2) is 4.39 Å². The van der Waals surface area contributed by atoms with Crippen LogP contribution in [0.4, 0.5) is 4.39 Å². The maximum Gasteiger partial charge on any atom is 0.180 e. The van der Waals surface area contributed by atoms with Gasteiger partial charge >= 0.3 is 0 Å². The van der Waals surface area contributed by atoms with Crippen molar-refractivity contribution in [2.75, 3.05) is 46.5 Å². The Morgan fingerprint density at radius 3 is 2.75 bits per heavy atom. The van der Waals surface area contributed by atoms with E-state index in [0.717, 1.165) is 51.5 Å². The monoisotopic (exact) mass is 410 g/mol. The van der Waals surface area contributed by atoms with Gasteiger partial charge in [-0.15, -0.1) is 0 Å². The molecule has 1 fully saturated rings. The van der Waals surface area contributed by atoms with Gasteiger partial charge in [-0.3, -0.25) is 0 Å². The lowest BCUT2D eigenvalue weighted by molar-refractivity contribution is -0.920. The normalized spacial score (nSPS) is 14.8. The van der Waals surface area contributed by atoms with E-state index < -0.39 is 0 Å². The predicted octanol–water partition coefficient (Wildman–Crippen LogP) is 1.05. The first-order chi connectivity index (χ1) is 13.7. The van der Waals surface area contributed by atoms with E-state index >= 15 is 0 Å². The highest BCUT2D eigenvalue weighted by atomic mass is 35.5. The molecule has 7 heteroatoms. The maximum absolute atomic E-state index is 13.8. The van der Waals surface area contributed by atoms with Crippen LogP contribution in [0.15, 0.2) is 36.4 Å². The summed E-state index contributed by atoms with van der Waals surface area (Å²) in [5.74, 6) is 0.700. The Balaban J connectivity index is 1.55. The van der Waals surface area contributed by atoms with E-state index in [1.807, 2.05) is 12.1 Å². The minimum Gasteiger partial charge on any atom is -0.493 e. The molecule has 1 aliphatic rings. The Kier molecular flexibility index (Phi) is 7.91. The molecule has 0 aromatic heterocycles. The predicted molar refractivity (Wildman–Crippen MR) is 106 cm³/mol. The van der Waals surface area contributed by atoms with Crippen LogP contribution in [-0.4, -0.2) is 46.5 Å². The van der Waals surface area contributed by atoms with Crippen LogP contribution in [0.5, 0.6) is 11.5 Å². The number of morpholine rings is 1. The fourth-order valence-electron chi connectivity index (χ4n) is 3.28. The maximum atomic E-state index is 13.8. The molecule has 0 aliphatic carbocycles. The van der Waals surface area contributed by atoms with Crippen molar-refractivity contribution in [3.63, 3.8) is 0 Å². The third-order valence-corrected chi connectivity index (χ3v) is 5.18. The Bertz CT molecular complexity index is 769. The average molecular weight is 411 g/mol. The van der Waals surface area contributed by atoms with E-state index in [2.05, 4.69) is 5.32 Å². The van der Waals surface area contributed by atoms with Gasteiger partial charge in [-0.05, 0) is 18.2 Å². The number of nitrogens with two attached hydrogens (primary N) is 1. The number of benzene rings is 2. The first-order valence-electron chi connectivity index (χ1n) is 9.63. The zero-order valence-electron chi connectivity index (χ0n) is 16.2. The summed E-state index contributed by atoms with van der Waals surface area (Å²) in [6, 6.07) is 10.3. The number of methoxy groups -OCH3 is 1. The van der Waals surface area contributed by atoms with E-state index in [1.54, 1.807) is 30.2 Å². The third-order valence-electron chi connectivity index (χ3n) is 4.90. The molecular formula is C21H28ClFN2O3+2. The van der Waals surface area contributed by atoms with Gasteiger partial charge in [0.25, 0.3) is 0 Å².